The van der Waals surface area contributed by atoms with Crippen LogP contribution in [0.4, 0.5) is 0 Å². The molecule has 4 aromatic rings. The number of aliphatic carboxylic acids is 1. The van der Waals surface area contributed by atoms with E-state index >= 15 is 0 Å². The number of nitrogens with zero attached hydrogens (tertiary/aromatic N) is 2. The van der Waals surface area contributed by atoms with Crippen molar-refractivity contribution >= 4 is 38.5 Å². The van der Waals surface area contributed by atoms with Gasteiger partial charge in [0.2, 0.25) is 0 Å². The third-order valence-electron chi connectivity index (χ3n) is 5.51. The van der Waals surface area contributed by atoms with Crippen LogP contribution in [0.1, 0.15) is 24.5 Å². The van der Waals surface area contributed by atoms with Crippen molar-refractivity contribution in [1.82, 2.24) is 8.96 Å². The van der Waals surface area contributed by atoms with Crippen molar-refractivity contribution in [2.45, 2.75) is 31.6 Å². The van der Waals surface area contributed by atoms with Gasteiger partial charge in [0.1, 0.15) is 10.6 Å². The Bertz CT molecular complexity index is 1490. The van der Waals surface area contributed by atoms with Crippen LogP contribution in [0.25, 0.3) is 22.0 Å². The molecule has 176 valence electrons. The van der Waals surface area contributed by atoms with E-state index in [9.17, 15) is 13.2 Å². The van der Waals surface area contributed by atoms with Gasteiger partial charge in [0.05, 0.1) is 12.1 Å². The van der Waals surface area contributed by atoms with Crippen molar-refractivity contribution in [1.29, 1.82) is 0 Å². The Morgan fingerprint density at radius 2 is 1.94 bits per heavy atom. The fraction of sp³-hybridized carbons (Fsp3) is 0.200. The zero-order chi connectivity index (χ0) is 24.5. The van der Waals surface area contributed by atoms with Crippen LogP contribution in [-0.4, -0.2) is 35.1 Å². The number of carboxylic acids is 1. The van der Waals surface area contributed by atoms with Gasteiger partial charge in [-0.05, 0) is 73.4 Å². The predicted molar refractivity (Wildman–Crippen MR) is 131 cm³/mol. The smallest absolute Gasteiger partial charge is 0.303 e. The lowest BCUT2D eigenvalue weighted by Crippen LogP contribution is -2.12. The van der Waals surface area contributed by atoms with E-state index in [2.05, 4.69) is 4.98 Å². The maximum absolute atomic E-state index is 13.6. The number of ether oxygens (including phenoxy) is 1. The number of benzene rings is 2. The molecule has 0 bridgehead atoms. The van der Waals surface area contributed by atoms with Crippen LogP contribution >= 0.6 is 11.6 Å². The molecule has 0 saturated carbocycles. The van der Waals surface area contributed by atoms with Crippen molar-refractivity contribution in [3.05, 3.63) is 77.2 Å². The van der Waals surface area contributed by atoms with Crippen molar-refractivity contribution in [2.24, 2.45) is 0 Å². The van der Waals surface area contributed by atoms with Gasteiger partial charge in [-0.1, -0.05) is 17.7 Å². The van der Waals surface area contributed by atoms with Crippen LogP contribution < -0.4 is 4.74 Å². The Hall–Kier alpha value is -3.36. The van der Waals surface area contributed by atoms with Crippen LogP contribution in [0.3, 0.4) is 0 Å². The van der Waals surface area contributed by atoms with Crippen LogP contribution in [0, 0.1) is 6.92 Å². The maximum Gasteiger partial charge on any atom is 0.303 e. The number of aryl methyl sites for hydroxylation is 2. The van der Waals surface area contributed by atoms with Gasteiger partial charge in [0.25, 0.3) is 10.0 Å². The van der Waals surface area contributed by atoms with Crippen molar-refractivity contribution < 1.29 is 23.1 Å². The SMILES string of the molecule is CCOc1ccc(-c2cncc(S(=O)(=O)n3cc(CCC(=O)O)c4cc(Cl)ccc43)c2)c(C)c1. The van der Waals surface area contributed by atoms with Gasteiger partial charge in [0, 0.05) is 41.0 Å². The quantitative estimate of drug-likeness (QED) is 0.353. The Morgan fingerprint density at radius 1 is 1.15 bits per heavy atom. The second kappa shape index (κ2) is 9.48. The first kappa shape index (κ1) is 23.8. The average molecular weight is 499 g/mol. The number of carbonyl (C=O) groups is 1. The first-order valence-electron chi connectivity index (χ1n) is 10.7. The van der Waals surface area contributed by atoms with Gasteiger partial charge < -0.3 is 9.84 Å². The molecule has 1 N–H and O–H groups in total. The average Bonchev–Trinajstić information content (AvgIpc) is 3.16. The minimum absolute atomic E-state index is 0.0231. The number of hydrogen-bond donors (Lipinski definition) is 1. The molecule has 0 spiro atoms. The molecule has 0 aliphatic heterocycles. The highest BCUT2D eigenvalue weighted by Crippen LogP contribution is 2.32. The van der Waals surface area contributed by atoms with Crippen molar-refractivity contribution in [2.75, 3.05) is 6.61 Å². The number of pyridine rings is 1. The van der Waals surface area contributed by atoms with Gasteiger partial charge in [0.15, 0.2) is 0 Å². The zero-order valence-corrected chi connectivity index (χ0v) is 20.2. The third-order valence-corrected chi connectivity index (χ3v) is 7.39. The molecule has 4 rings (SSSR count). The summed E-state index contributed by atoms with van der Waals surface area (Å²) in [7, 11) is -4.02. The fourth-order valence-corrected chi connectivity index (χ4v) is 5.47. The Labute approximate surface area is 202 Å². The number of aromatic nitrogens is 2. The summed E-state index contributed by atoms with van der Waals surface area (Å²) >= 11 is 6.13. The molecule has 0 aliphatic carbocycles. The maximum atomic E-state index is 13.6. The molecule has 2 aromatic carbocycles. The first-order chi connectivity index (χ1) is 16.2. The Balaban J connectivity index is 1.80. The molecule has 2 aromatic heterocycles. The summed E-state index contributed by atoms with van der Waals surface area (Å²) in [5.41, 5.74) is 3.45. The van der Waals surface area contributed by atoms with E-state index in [1.165, 1.54) is 16.4 Å². The van der Waals surface area contributed by atoms with E-state index in [0.29, 0.717) is 33.7 Å². The summed E-state index contributed by atoms with van der Waals surface area (Å²) in [5, 5.41) is 10.1. The normalized spacial score (nSPS) is 11.6. The minimum atomic E-state index is -4.02. The number of rotatable bonds is 8. The van der Waals surface area contributed by atoms with Gasteiger partial charge in [-0.15, -0.1) is 0 Å². The number of fused-ring (bicyclic) bond motifs is 1. The molecule has 9 heteroatoms. The summed E-state index contributed by atoms with van der Waals surface area (Å²) in [6.07, 6.45) is 4.45. The summed E-state index contributed by atoms with van der Waals surface area (Å²) in [6, 6.07) is 12.1. The molecule has 0 fully saturated rings. The molecule has 0 atom stereocenters. The van der Waals surface area contributed by atoms with Crippen LogP contribution in [0.15, 0.2) is 66.0 Å². The lowest BCUT2D eigenvalue weighted by molar-refractivity contribution is -0.136. The Kier molecular flexibility index (Phi) is 6.63. The topological polar surface area (TPSA) is 98.5 Å². The van der Waals surface area contributed by atoms with E-state index in [-0.39, 0.29) is 17.7 Å². The first-order valence-corrected chi connectivity index (χ1v) is 12.5. The van der Waals surface area contributed by atoms with Crippen LogP contribution in [0.5, 0.6) is 5.75 Å². The summed E-state index contributed by atoms with van der Waals surface area (Å²) in [4.78, 5) is 15.3. The monoisotopic (exact) mass is 498 g/mol. The highest BCUT2D eigenvalue weighted by atomic mass is 35.5. The standard InChI is InChI=1S/C25H23ClN2O5S/c1-3-33-20-6-7-22(16(2)10-20)18-11-21(14-27-13-18)34(31,32)28-15-17(4-9-25(29)30)23-12-19(26)5-8-24(23)28/h5-8,10-15H,3-4,9H2,1-2H3,(H,29,30). The highest BCUT2D eigenvalue weighted by molar-refractivity contribution is 7.90. The molecule has 0 unspecified atom stereocenters. The second-order valence-electron chi connectivity index (χ2n) is 7.83. The predicted octanol–water partition coefficient (Wildman–Crippen LogP) is 5.32. The molecule has 7 nitrogen and oxygen atoms in total. The number of carboxylic acid groups (broad SMARTS) is 1. The van der Waals surface area contributed by atoms with Gasteiger partial charge >= 0.3 is 5.97 Å². The number of halogens is 1. The summed E-state index contributed by atoms with van der Waals surface area (Å²) < 4.78 is 34.0. The number of hydrogen-bond acceptors (Lipinski definition) is 5. The van der Waals surface area contributed by atoms with E-state index in [1.54, 1.807) is 30.5 Å². The molecule has 0 saturated heterocycles. The molecule has 0 radical (unpaired) electrons. The zero-order valence-electron chi connectivity index (χ0n) is 18.7. The summed E-state index contributed by atoms with van der Waals surface area (Å²) in [5.74, 6) is -0.222. The highest BCUT2D eigenvalue weighted by Gasteiger charge is 2.23. The van der Waals surface area contributed by atoms with Crippen molar-refractivity contribution in [3.8, 4) is 16.9 Å². The molecule has 34 heavy (non-hydrogen) atoms. The Morgan fingerprint density at radius 3 is 2.65 bits per heavy atom. The summed E-state index contributed by atoms with van der Waals surface area (Å²) in [6.45, 7) is 4.39. The van der Waals surface area contributed by atoms with E-state index in [0.717, 1.165) is 16.9 Å². The van der Waals surface area contributed by atoms with E-state index < -0.39 is 16.0 Å². The lowest BCUT2D eigenvalue weighted by atomic mass is 10.0. The van der Waals surface area contributed by atoms with Gasteiger partial charge in [-0.3, -0.25) is 9.78 Å². The second-order valence-corrected chi connectivity index (χ2v) is 10.1. The van der Waals surface area contributed by atoms with Gasteiger partial charge in [-0.25, -0.2) is 12.4 Å². The van der Waals surface area contributed by atoms with Crippen molar-refractivity contribution in [3.63, 3.8) is 0 Å². The van der Waals surface area contributed by atoms with Crippen LogP contribution in [0.2, 0.25) is 5.02 Å². The third kappa shape index (κ3) is 4.64. The largest absolute Gasteiger partial charge is 0.494 e. The van der Waals surface area contributed by atoms with Crippen LogP contribution in [-0.2, 0) is 21.2 Å². The van der Waals surface area contributed by atoms with Gasteiger partial charge in [-0.2, -0.15) is 0 Å². The minimum Gasteiger partial charge on any atom is -0.494 e. The van der Waals surface area contributed by atoms with E-state index in [4.69, 9.17) is 21.4 Å². The molecular formula is C25H23ClN2O5S. The molecule has 0 amide bonds. The lowest BCUT2D eigenvalue weighted by Gasteiger charge is -2.12. The molecular weight excluding hydrogens is 476 g/mol. The molecule has 2 heterocycles. The van der Waals surface area contributed by atoms with E-state index in [1.807, 2.05) is 32.0 Å². The molecule has 0 aliphatic rings. The fourth-order valence-electron chi connectivity index (χ4n) is 3.92.